The maximum atomic E-state index is 12.8. The zero-order chi connectivity index (χ0) is 14.2. The lowest BCUT2D eigenvalue weighted by atomic mass is 10.1. The Morgan fingerprint density at radius 3 is 2.55 bits per heavy atom. The normalized spacial score (nSPS) is 17.5. The van der Waals surface area contributed by atoms with Crippen molar-refractivity contribution in [1.82, 2.24) is 9.29 Å². The summed E-state index contributed by atoms with van der Waals surface area (Å²) in [5.74, 6) is 0. The van der Waals surface area contributed by atoms with Gasteiger partial charge in [-0.2, -0.15) is 4.31 Å². The van der Waals surface area contributed by atoms with Gasteiger partial charge in [-0.15, -0.1) is 0 Å². The summed E-state index contributed by atoms with van der Waals surface area (Å²) in [6, 6.07) is 8.95. The largest absolute Gasteiger partial charge is 0.255 e. The topological polar surface area (TPSA) is 50.3 Å². The van der Waals surface area contributed by atoms with Gasteiger partial charge in [-0.25, -0.2) is 8.42 Å². The standard InChI is InChI=1S/C15H16N2O2S/c1-12-7-10-17(11-8-12)20(18,19)14-6-2-4-13-5-3-9-16-15(13)14/h2-6,9H,1,7-8,10-11H2. The van der Waals surface area contributed by atoms with Crippen LogP contribution in [0.4, 0.5) is 0 Å². The first-order valence-electron chi connectivity index (χ1n) is 6.59. The maximum Gasteiger partial charge on any atom is 0.245 e. The van der Waals surface area contributed by atoms with E-state index < -0.39 is 10.0 Å². The molecular formula is C15H16N2O2S. The van der Waals surface area contributed by atoms with Gasteiger partial charge in [-0.3, -0.25) is 4.98 Å². The quantitative estimate of drug-likeness (QED) is 0.798. The van der Waals surface area contributed by atoms with Gasteiger partial charge in [0.15, 0.2) is 0 Å². The van der Waals surface area contributed by atoms with E-state index in [0.717, 1.165) is 23.8 Å². The fourth-order valence-electron chi connectivity index (χ4n) is 2.47. The van der Waals surface area contributed by atoms with Crippen LogP contribution >= 0.6 is 0 Å². The van der Waals surface area contributed by atoms with Crippen molar-refractivity contribution in [3.8, 4) is 0 Å². The van der Waals surface area contributed by atoms with Crippen molar-refractivity contribution in [1.29, 1.82) is 0 Å². The smallest absolute Gasteiger partial charge is 0.245 e. The number of pyridine rings is 1. The second-order valence-corrected chi connectivity index (χ2v) is 6.89. The minimum atomic E-state index is -3.48. The Morgan fingerprint density at radius 2 is 1.80 bits per heavy atom. The number of para-hydroxylation sites is 1. The minimum Gasteiger partial charge on any atom is -0.255 e. The number of benzene rings is 1. The molecule has 4 nitrogen and oxygen atoms in total. The lowest BCUT2D eigenvalue weighted by Crippen LogP contribution is -2.36. The van der Waals surface area contributed by atoms with Gasteiger partial charge >= 0.3 is 0 Å². The highest BCUT2D eigenvalue weighted by Gasteiger charge is 2.28. The van der Waals surface area contributed by atoms with Crippen LogP contribution in [-0.4, -0.2) is 30.8 Å². The number of piperidine rings is 1. The molecule has 2 heterocycles. The van der Waals surface area contributed by atoms with E-state index in [0.29, 0.717) is 23.5 Å². The predicted molar refractivity (Wildman–Crippen MR) is 78.9 cm³/mol. The predicted octanol–water partition coefficient (Wildman–Crippen LogP) is 2.58. The highest BCUT2D eigenvalue weighted by Crippen LogP contribution is 2.26. The molecular weight excluding hydrogens is 272 g/mol. The molecule has 1 fully saturated rings. The molecule has 1 aromatic carbocycles. The summed E-state index contributed by atoms with van der Waals surface area (Å²) in [6.07, 6.45) is 3.09. The summed E-state index contributed by atoms with van der Waals surface area (Å²) >= 11 is 0. The average molecular weight is 288 g/mol. The van der Waals surface area contributed by atoms with Crippen molar-refractivity contribution < 1.29 is 8.42 Å². The van der Waals surface area contributed by atoms with Gasteiger partial charge in [-0.05, 0) is 25.0 Å². The van der Waals surface area contributed by atoms with E-state index in [1.807, 2.05) is 18.2 Å². The summed E-state index contributed by atoms with van der Waals surface area (Å²) in [5.41, 5.74) is 1.66. The van der Waals surface area contributed by atoms with E-state index >= 15 is 0 Å². The Balaban J connectivity index is 2.08. The molecule has 0 bridgehead atoms. The van der Waals surface area contributed by atoms with Gasteiger partial charge in [0.2, 0.25) is 10.0 Å². The number of fused-ring (bicyclic) bond motifs is 1. The molecule has 1 aliphatic rings. The number of hydrogen-bond donors (Lipinski definition) is 0. The molecule has 0 spiro atoms. The van der Waals surface area contributed by atoms with E-state index in [2.05, 4.69) is 11.6 Å². The molecule has 1 aliphatic heterocycles. The molecule has 0 N–H and O–H groups in total. The summed E-state index contributed by atoms with van der Waals surface area (Å²) in [7, 11) is -3.48. The van der Waals surface area contributed by atoms with Crippen LogP contribution < -0.4 is 0 Å². The third-order valence-corrected chi connectivity index (χ3v) is 5.57. The van der Waals surface area contributed by atoms with Crippen molar-refractivity contribution in [2.45, 2.75) is 17.7 Å². The SMILES string of the molecule is C=C1CCN(S(=O)(=O)c2cccc3cccnc23)CC1. The molecule has 0 radical (unpaired) electrons. The van der Waals surface area contributed by atoms with E-state index in [9.17, 15) is 8.42 Å². The number of sulfonamides is 1. The highest BCUT2D eigenvalue weighted by molar-refractivity contribution is 7.89. The zero-order valence-electron chi connectivity index (χ0n) is 11.1. The van der Waals surface area contributed by atoms with Crippen LogP contribution in [0.3, 0.4) is 0 Å². The summed E-state index contributed by atoms with van der Waals surface area (Å²) < 4.78 is 27.1. The van der Waals surface area contributed by atoms with Crippen molar-refractivity contribution >= 4 is 20.9 Å². The van der Waals surface area contributed by atoms with Crippen LogP contribution in [-0.2, 0) is 10.0 Å². The first kappa shape index (κ1) is 13.3. The molecule has 2 aromatic rings. The second-order valence-electron chi connectivity index (χ2n) is 4.99. The summed E-state index contributed by atoms with van der Waals surface area (Å²) in [4.78, 5) is 4.53. The Labute approximate surface area is 118 Å². The molecule has 0 atom stereocenters. The average Bonchev–Trinajstić information content (AvgIpc) is 2.47. The number of aromatic nitrogens is 1. The van der Waals surface area contributed by atoms with Crippen molar-refractivity contribution in [2.75, 3.05) is 13.1 Å². The van der Waals surface area contributed by atoms with Crippen LogP contribution in [0.1, 0.15) is 12.8 Å². The maximum absolute atomic E-state index is 12.8. The Hall–Kier alpha value is -1.72. The van der Waals surface area contributed by atoms with Crippen LogP contribution in [0.15, 0.2) is 53.6 Å². The minimum absolute atomic E-state index is 0.295. The molecule has 1 saturated heterocycles. The first-order valence-corrected chi connectivity index (χ1v) is 8.03. The molecule has 0 unspecified atom stereocenters. The number of nitrogens with zero attached hydrogens (tertiary/aromatic N) is 2. The highest BCUT2D eigenvalue weighted by atomic mass is 32.2. The first-order chi connectivity index (χ1) is 9.59. The van der Waals surface area contributed by atoms with Gasteiger partial charge in [0.05, 0.1) is 5.52 Å². The lowest BCUT2D eigenvalue weighted by Gasteiger charge is -2.27. The Kier molecular flexibility index (Phi) is 3.31. The molecule has 0 aliphatic carbocycles. The molecule has 104 valence electrons. The van der Waals surface area contributed by atoms with Crippen LogP contribution in [0.2, 0.25) is 0 Å². The summed E-state index contributed by atoms with van der Waals surface area (Å²) in [6.45, 7) is 4.93. The van der Waals surface area contributed by atoms with E-state index in [-0.39, 0.29) is 0 Å². The molecule has 5 heteroatoms. The van der Waals surface area contributed by atoms with Gasteiger partial charge in [0.1, 0.15) is 4.90 Å². The second kappa shape index (κ2) is 5.00. The van der Waals surface area contributed by atoms with Crippen LogP contribution in [0.25, 0.3) is 10.9 Å². The summed E-state index contributed by atoms with van der Waals surface area (Å²) in [5, 5.41) is 0.843. The van der Waals surface area contributed by atoms with E-state index in [1.165, 1.54) is 4.31 Å². The van der Waals surface area contributed by atoms with Crippen molar-refractivity contribution in [2.24, 2.45) is 0 Å². The fourth-order valence-corrected chi connectivity index (χ4v) is 4.07. The fraction of sp³-hybridized carbons (Fsp3) is 0.267. The van der Waals surface area contributed by atoms with E-state index in [1.54, 1.807) is 18.3 Å². The molecule has 1 aromatic heterocycles. The molecule has 3 rings (SSSR count). The monoisotopic (exact) mass is 288 g/mol. The Bertz CT molecular complexity index is 753. The van der Waals surface area contributed by atoms with Gasteiger partial charge < -0.3 is 0 Å². The molecule has 0 amide bonds. The third-order valence-electron chi connectivity index (χ3n) is 3.64. The third kappa shape index (κ3) is 2.23. The lowest BCUT2D eigenvalue weighted by molar-refractivity contribution is 0.388. The molecule has 20 heavy (non-hydrogen) atoms. The van der Waals surface area contributed by atoms with Crippen LogP contribution in [0, 0.1) is 0 Å². The van der Waals surface area contributed by atoms with Gasteiger partial charge in [-0.1, -0.05) is 30.4 Å². The Morgan fingerprint density at radius 1 is 1.10 bits per heavy atom. The molecule has 0 saturated carbocycles. The number of hydrogen-bond acceptors (Lipinski definition) is 3. The van der Waals surface area contributed by atoms with Crippen LogP contribution in [0.5, 0.6) is 0 Å². The zero-order valence-corrected chi connectivity index (χ0v) is 11.9. The number of rotatable bonds is 2. The van der Waals surface area contributed by atoms with Gasteiger partial charge in [0.25, 0.3) is 0 Å². The van der Waals surface area contributed by atoms with Crippen molar-refractivity contribution in [3.05, 3.63) is 48.7 Å². The van der Waals surface area contributed by atoms with Gasteiger partial charge in [0, 0.05) is 24.7 Å². The van der Waals surface area contributed by atoms with Crippen molar-refractivity contribution in [3.63, 3.8) is 0 Å². The van der Waals surface area contributed by atoms with E-state index in [4.69, 9.17) is 0 Å².